The second kappa shape index (κ2) is 9.71. The van der Waals surface area contributed by atoms with Crippen LogP contribution >= 0.6 is 11.6 Å². The number of benzene rings is 2. The normalized spacial score (nSPS) is 17.8. The lowest BCUT2D eigenvalue weighted by Crippen LogP contribution is -2.44. The van der Waals surface area contributed by atoms with Crippen LogP contribution in [-0.2, 0) is 21.4 Å². The van der Waals surface area contributed by atoms with E-state index in [9.17, 15) is 4.79 Å². The van der Waals surface area contributed by atoms with Crippen LogP contribution in [0.2, 0.25) is 5.02 Å². The van der Waals surface area contributed by atoms with Crippen LogP contribution in [0, 0.1) is 0 Å². The molecule has 1 fully saturated rings. The summed E-state index contributed by atoms with van der Waals surface area (Å²) >= 11 is 6.07. The molecule has 30 heavy (non-hydrogen) atoms. The number of hydrogen-bond acceptors (Lipinski definition) is 4. The highest BCUT2D eigenvalue weighted by Gasteiger charge is 2.34. The molecule has 4 rings (SSSR count). The Labute approximate surface area is 182 Å². The highest BCUT2D eigenvalue weighted by Crippen LogP contribution is 2.35. The smallest absolute Gasteiger partial charge is 0.220 e. The number of amides is 1. The van der Waals surface area contributed by atoms with Gasteiger partial charge in [0.1, 0.15) is 0 Å². The molecule has 2 aliphatic rings. The van der Waals surface area contributed by atoms with Crippen molar-refractivity contribution >= 4 is 17.5 Å². The zero-order valence-electron chi connectivity index (χ0n) is 17.1. The Hall–Kier alpha value is -2.24. The Balaban J connectivity index is 1.35. The summed E-state index contributed by atoms with van der Waals surface area (Å²) in [5.74, 6) is 1.61. The molecular weight excluding hydrogens is 402 g/mol. The van der Waals surface area contributed by atoms with Crippen LogP contribution in [0.15, 0.2) is 42.5 Å². The topological polar surface area (TPSA) is 56.8 Å². The molecule has 0 radical (unpaired) electrons. The maximum atomic E-state index is 12.6. The highest BCUT2D eigenvalue weighted by atomic mass is 35.5. The number of fused-ring (bicyclic) bond motifs is 1. The van der Waals surface area contributed by atoms with Gasteiger partial charge in [-0.05, 0) is 54.7 Å². The quantitative estimate of drug-likeness (QED) is 0.743. The minimum atomic E-state index is -0.103. The molecule has 0 unspecified atom stereocenters. The third-order valence-corrected chi connectivity index (χ3v) is 6.24. The Morgan fingerprint density at radius 3 is 2.47 bits per heavy atom. The van der Waals surface area contributed by atoms with Crippen molar-refractivity contribution in [3.63, 3.8) is 0 Å². The Bertz CT molecular complexity index is 862. The number of nitrogens with one attached hydrogen (secondary N) is 1. The molecule has 0 atom stereocenters. The minimum Gasteiger partial charge on any atom is -0.490 e. The van der Waals surface area contributed by atoms with Crippen molar-refractivity contribution in [2.75, 3.05) is 33.0 Å². The predicted octanol–water partition coefficient (Wildman–Crippen LogP) is 4.30. The first kappa shape index (κ1) is 21.0. The molecule has 0 spiro atoms. The summed E-state index contributed by atoms with van der Waals surface area (Å²) in [6.45, 7) is 3.35. The zero-order valence-corrected chi connectivity index (χ0v) is 17.9. The number of carbonyl (C=O) groups is 1. The Kier molecular flexibility index (Phi) is 6.80. The van der Waals surface area contributed by atoms with E-state index >= 15 is 0 Å². The molecule has 1 saturated heterocycles. The molecule has 6 heteroatoms. The molecule has 2 aromatic rings. The van der Waals surface area contributed by atoms with Gasteiger partial charge in [-0.2, -0.15) is 0 Å². The fourth-order valence-electron chi connectivity index (χ4n) is 4.11. The van der Waals surface area contributed by atoms with Gasteiger partial charge in [0.2, 0.25) is 5.91 Å². The van der Waals surface area contributed by atoms with Crippen LogP contribution in [0.3, 0.4) is 0 Å². The fourth-order valence-corrected chi connectivity index (χ4v) is 4.24. The Morgan fingerprint density at radius 1 is 0.967 bits per heavy atom. The lowest BCUT2D eigenvalue weighted by Gasteiger charge is -2.38. The van der Waals surface area contributed by atoms with E-state index in [1.54, 1.807) is 0 Å². The van der Waals surface area contributed by atoms with Crippen LogP contribution in [0.25, 0.3) is 0 Å². The van der Waals surface area contributed by atoms with Gasteiger partial charge < -0.3 is 19.5 Å². The first-order valence-electron chi connectivity index (χ1n) is 10.6. The van der Waals surface area contributed by atoms with Crippen molar-refractivity contribution in [1.82, 2.24) is 5.32 Å². The summed E-state index contributed by atoms with van der Waals surface area (Å²) in [6.07, 6.45) is 3.76. The summed E-state index contributed by atoms with van der Waals surface area (Å²) in [5.41, 5.74) is 2.18. The molecule has 2 heterocycles. The van der Waals surface area contributed by atoms with Gasteiger partial charge in [-0.15, -0.1) is 0 Å². The molecule has 160 valence electrons. The van der Waals surface area contributed by atoms with E-state index in [0.29, 0.717) is 45.8 Å². The van der Waals surface area contributed by atoms with E-state index in [4.69, 9.17) is 25.8 Å². The predicted molar refractivity (Wildman–Crippen MR) is 117 cm³/mol. The van der Waals surface area contributed by atoms with E-state index in [1.165, 1.54) is 5.56 Å². The number of aryl methyl sites for hydroxylation is 1. The summed E-state index contributed by atoms with van der Waals surface area (Å²) in [5, 5.41) is 3.89. The first-order chi connectivity index (χ1) is 14.6. The van der Waals surface area contributed by atoms with Gasteiger partial charge in [0.15, 0.2) is 11.5 Å². The average Bonchev–Trinajstić information content (AvgIpc) is 3.02. The monoisotopic (exact) mass is 429 g/mol. The SMILES string of the molecule is O=C(CCc1ccc2c(c1)OCCCO2)NCC1(c2ccc(Cl)cc2)CCOCC1. The van der Waals surface area contributed by atoms with Crippen LogP contribution in [0.1, 0.15) is 36.8 Å². The number of rotatable bonds is 6. The molecule has 2 aliphatic heterocycles. The fraction of sp³-hybridized carbons (Fsp3) is 0.458. The standard InChI is InChI=1S/C24H28ClNO4/c25-20-6-4-19(5-7-20)24(10-14-28-15-11-24)17-26-23(27)9-3-18-2-8-21-22(16-18)30-13-1-12-29-21/h2,4-8,16H,1,3,9-15,17H2,(H,26,27). The molecule has 0 aromatic heterocycles. The summed E-state index contributed by atoms with van der Waals surface area (Å²) in [7, 11) is 0. The summed E-state index contributed by atoms with van der Waals surface area (Å²) in [4.78, 5) is 12.6. The van der Waals surface area contributed by atoms with E-state index in [-0.39, 0.29) is 11.3 Å². The van der Waals surface area contributed by atoms with Crippen molar-refractivity contribution in [1.29, 1.82) is 0 Å². The van der Waals surface area contributed by atoms with Crippen LogP contribution < -0.4 is 14.8 Å². The van der Waals surface area contributed by atoms with Gasteiger partial charge in [0.05, 0.1) is 13.2 Å². The van der Waals surface area contributed by atoms with E-state index in [1.807, 2.05) is 30.3 Å². The van der Waals surface area contributed by atoms with Gasteiger partial charge in [-0.25, -0.2) is 0 Å². The molecule has 5 nitrogen and oxygen atoms in total. The van der Waals surface area contributed by atoms with E-state index in [0.717, 1.165) is 41.3 Å². The van der Waals surface area contributed by atoms with Crippen LogP contribution in [0.4, 0.5) is 0 Å². The molecule has 1 N–H and O–H groups in total. The maximum absolute atomic E-state index is 12.6. The van der Waals surface area contributed by atoms with Crippen molar-refractivity contribution in [3.8, 4) is 11.5 Å². The van der Waals surface area contributed by atoms with Gasteiger partial charge in [-0.3, -0.25) is 4.79 Å². The molecular formula is C24H28ClNO4. The molecule has 0 aliphatic carbocycles. The van der Waals surface area contributed by atoms with Crippen molar-refractivity contribution in [2.45, 2.75) is 37.5 Å². The van der Waals surface area contributed by atoms with Crippen molar-refractivity contribution in [3.05, 3.63) is 58.6 Å². The van der Waals surface area contributed by atoms with Gasteiger partial charge in [0, 0.05) is 43.0 Å². The Morgan fingerprint density at radius 2 is 1.70 bits per heavy atom. The molecule has 1 amide bonds. The largest absolute Gasteiger partial charge is 0.490 e. The molecule has 0 bridgehead atoms. The average molecular weight is 430 g/mol. The molecule has 2 aromatic carbocycles. The second-order valence-electron chi connectivity index (χ2n) is 8.01. The lowest BCUT2D eigenvalue weighted by atomic mass is 9.74. The zero-order chi connectivity index (χ0) is 20.8. The number of hydrogen-bond donors (Lipinski definition) is 1. The second-order valence-corrected chi connectivity index (χ2v) is 8.44. The first-order valence-corrected chi connectivity index (χ1v) is 11.0. The third-order valence-electron chi connectivity index (χ3n) is 5.98. The third kappa shape index (κ3) is 5.08. The minimum absolute atomic E-state index is 0.0574. The van der Waals surface area contributed by atoms with Crippen LogP contribution in [0.5, 0.6) is 11.5 Å². The lowest BCUT2D eigenvalue weighted by molar-refractivity contribution is -0.121. The van der Waals surface area contributed by atoms with Crippen molar-refractivity contribution < 1.29 is 19.0 Å². The summed E-state index contributed by atoms with van der Waals surface area (Å²) < 4.78 is 17.0. The summed E-state index contributed by atoms with van der Waals surface area (Å²) in [6, 6.07) is 13.9. The number of ether oxygens (including phenoxy) is 3. The van der Waals surface area contributed by atoms with Gasteiger partial charge in [0.25, 0.3) is 0 Å². The van der Waals surface area contributed by atoms with Gasteiger partial charge in [-0.1, -0.05) is 29.8 Å². The number of carbonyl (C=O) groups excluding carboxylic acids is 1. The molecule has 0 saturated carbocycles. The van der Waals surface area contributed by atoms with E-state index in [2.05, 4.69) is 17.4 Å². The van der Waals surface area contributed by atoms with Crippen LogP contribution in [-0.4, -0.2) is 38.9 Å². The highest BCUT2D eigenvalue weighted by molar-refractivity contribution is 6.30. The maximum Gasteiger partial charge on any atom is 0.220 e. The van der Waals surface area contributed by atoms with E-state index < -0.39 is 0 Å². The number of halogens is 1. The van der Waals surface area contributed by atoms with Gasteiger partial charge >= 0.3 is 0 Å². The van der Waals surface area contributed by atoms with Crippen molar-refractivity contribution in [2.24, 2.45) is 0 Å².